The van der Waals surface area contributed by atoms with Gasteiger partial charge >= 0.3 is 0 Å². The first-order chi connectivity index (χ1) is 7.24. The number of ether oxygens (including phenoxy) is 2. The van der Waals surface area contributed by atoms with Gasteiger partial charge in [-0.05, 0) is 19.0 Å². The van der Waals surface area contributed by atoms with Gasteiger partial charge in [-0.25, -0.2) is 0 Å². The zero-order valence-electron chi connectivity index (χ0n) is 9.06. The highest BCUT2D eigenvalue weighted by molar-refractivity contribution is 5.47. The molecular formula is C11H17NO3. The van der Waals surface area contributed by atoms with Crippen LogP contribution in [0, 0.1) is 0 Å². The van der Waals surface area contributed by atoms with Gasteiger partial charge in [0.25, 0.3) is 0 Å². The van der Waals surface area contributed by atoms with Gasteiger partial charge in [0, 0.05) is 5.56 Å². The Bertz CT molecular complexity index is 315. The molecular weight excluding hydrogens is 194 g/mol. The number of benzene rings is 1. The molecule has 4 nitrogen and oxygen atoms in total. The Morgan fingerprint density at radius 3 is 2.60 bits per heavy atom. The van der Waals surface area contributed by atoms with Crippen molar-refractivity contribution in [2.75, 3.05) is 20.8 Å². The van der Waals surface area contributed by atoms with Crippen molar-refractivity contribution in [1.82, 2.24) is 0 Å². The van der Waals surface area contributed by atoms with E-state index >= 15 is 0 Å². The minimum atomic E-state index is -0.611. The van der Waals surface area contributed by atoms with E-state index in [2.05, 4.69) is 0 Å². The number of rotatable bonds is 5. The summed E-state index contributed by atoms with van der Waals surface area (Å²) >= 11 is 0. The van der Waals surface area contributed by atoms with Crippen LogP contribution in [0.5, 0.6) is 11.5 Å². The Morgan fingerprint density at radius 1 is 1.33 bits per heavy atom. The summed E-state index contributed by atoms with van der Waals surface area (Å²) in [5.74, 6) is 1.19. The maximum Gasteiger partial charge on any atom is 0.166 e. The van der Waals surface area contributed by atoms with Crippen molar-refractivity contribution in [3.63, 3.8) is 0 Å². The molecule has 0 aliphatic carbocycles. The Morgan fingerprint density at radius 2 is 2.07 bits per heavy atom. The molecule has 15 heavy (non-hydrogen) atoms. The lowest BCUT2D eigenvalue weighted by Gasteiger charge is -2.16. The molecule has 0 fully saturated rings. The number of aliphatic hydroxyl groups is 1. The Hall–Kier alpha value is -1.26. The maximum atomic E-state index is 9.84. The van der Waals surface area contributed by atoms with Crippen LogP contribution in [0.1, 0.15) is 18.1 Å². The molecule has 0 aromatic heterocycles. The van der Waals surface area contributed by atoms with Gasteiger partial charge in [0.2, 0.25) is 0 Å². The van der Waals surface area contributed by atoms with Crippen LogP contribution in [-0.2, 0) is 0 Å². The molecule has 1 aromatic rings. The second-order valence-corrected chi connectivity index (χ2v) is 3.18. The highest BCUT2D eigenvalue weighted by Crippen LogP contribution is 2.35. The monoisotopic (exact) mass is 211 g/mol. The van der Waals surface area contributed by atoms with Gasteiger partial charge in [0.1, 0.15) is 0 Å². The second kappa shape index (κ2) is 5.58. The van der Waals surface area contributed by atoms with Crippen molar-refractivity contribution in [3.05, 3.63) is 23.8 Å². The van der Waals surface area contributed by atoms with Crippen molar-refractivity contribution in [3.8, 4) is 11.5 Å². The summed E-state index contributed by atoms with van der Waals surface area (Å²) in [7, 11) is 3.12. The highest BCUT2D eigenvalue weighted by atomic mass is 16.5. The molecule has 0 amide bonds. The molecule has 1 aromatic carbocycles. The molecule has 0 bridgehead atoms. The molecule has 0 aliphatic rings. The van der Waals surface area contributed by atoms with Crippen LogP contribution in [0.2, 0.25) is 0 Å². The third-order valence-electron chi connectivity index (χ3n) is 2.23. The number of para-hydroxylation sites is 1. The van der Waals surface area contributed by atoms with Crippen LogP contribution >= 0.6 is 0 Å². The topological polar surface area (TPSA) is 64.7 Å². The highest BCUT2D eigenvalue weighted by Gasteiger charge is 2.15. The minimum absolute atomic E-state index is 0.432. The zero-order valence-corrected chi connectivity index (χ0v) is 9.06. The van der Waals surface area contributed by atoms with E-state index in [9.17, 15) is 5.11 Å². The van der Waals surface area contributed by atoms with Crippen LogP contribution < -0.4 is 15.2 Å². The summed E-state index contributed by atoms with van der Waals surface area (Å²) in [4.78, 5) is 0. The molecule has 0 spiro atoms. The summed E-state index contributed by atoms with van der Waals surface area (Å²) < 4.78 is 10.3. The SMILES string of the molecule is COc1cccc([C@@H](O)CCN)c1OC. The lowest BCUT2D eigenvalue weighted by molar-refractivity contribution is 0.165. The summed E-state index contributed by atoms with van der Waals surface area (Å²) in [5, 5.41) is 9.84. The normalized spacial score (nSPS) is 12.3. The third kappa shape index (κ3) is 2.61. The average molecular weight is 211 g/mol. The van der Waals surface area contributed by atoms with Crippen LogP contribution in [-0.4, -0.2) is 25.9 Å². The summed E-state index contributed by atoms with van der Waals surface area (Å²) in [6, 6.07) is 5.41. The van der Waals surface area contributed by atoms with E-state index in [1.807, 2.05) is 12.1 Å². The lowest BCUT2D eigenvalue weighted by Crippen LogP contribution is -2.08. The van der Waals surface area contributed by atoms with Gasteiger partial charge in [-0.2, -0.15) is 0 Å². The zero-order chi connectivity index (χ0) is 11.3. The number of methoxy groups -OCH3 is 2. The first-order valence-electron chi connectivity index (χ1n) is 4.83. The summed E-state index contributed by atoms with van der Waals surface area (Å²) in [6.07, 6.45) is -0.108. The van der Waals surface area contributed by atoms with E-state index in [4.69, 9.17) is 15.2 Å². The predicted molar refractivity (Wildman–Crippen MR) is 58.2 cm³/mol. The summed E-state index contributed by atoms with van der Waals surface area (Å²) in [6.45, 7) is 0.432. The van der Waals surface area contributed by atoms with Gasteiger partial charge < -0.3 is 20.3 Å². The number of nitrogens with two attached hydrogens (primary N) is 1. The van der Waals surface area contributed by atoms with Gasteiger partial charge in [0.15, 0.2) is 11.5 Å². The quantitative estimate of drug-likeness (QED) is 0.765. The van der Waals surface area contributed by atoms with E-state index < -0.39 is 6.10 Å². The Kier molecular flexibility index (Phi) is 4.39. The van der Waals surface area contributed by atoms with Crippen LogP contribution in [0.3, 0.4) is 0 Å². The molecule has 0 radical (unpaired) electrons. The molecule has 0 heterocycles. The van der Waals surface area contributed by atoms with E-state index in [1.54, 1.807) is 20.3 Å². The molecule has 4 heteroatoms. The molecule has 1 atom stereocenters. The van der Waals surface area contributed by atoms with Crippen LogP contribution in [0.4, 0.5) is 0 Å². The third-order valence-corrected chi connectivity index (χ3v) is 2.23. The van der Waals surface area contributed by atoms with Gasteiger partial charge in [-0.3, -0.25) is 0 Å². The fraction of sp³-hybridized carbons (Fsp3) is 0.455. The second-order valence-electron chi connectivity index (χ2n) is 3.18. The van der Waals surface area contributed by atoms with Crippen molar-refractivity contribution in [2.24, 2.45) is 5.73 Å². The van der Waals surface area contributed by atoms with Crippen LogP contribution in [0.15, 0.2) is 18.2 Å². The molecule has 1 rings (SSSR count). The fourth-order valence-corrected chi connectivity index (χ4v) is 1.49. The van der Waals surface area contributed by atoms with Crippen molar-refractivity contribution in [1.29, 1.82) is 0 Å². The van der Waals surface area contributed by atoms with Crippen molar-refractivity contribution >= 4 is 0 Å². The number of hydrogen-bond donors (Lipinski definition) is 2. The van der Waals surface area contributed by atoms with E-state index in [0.29, 0.717) is 30.0 Å². The van der Waals surface area contributed by atoms with E-state index in [-0.39, 0.29) is 0 Å². The molecule has 84 valence electrons. The van der Waals surface area contributed by atoms with Crippen LogP contribution in [0.25, 0.3) is 0 Å². The molecule has 3 N–H and O–H groups in total. The molecule has 0 unspecified atom stereocenters. The molecule has 0 aliphatic heterocycles. The first kappa shape index (κ1) is 11.8. The standard InChI is InChI=1S/C11H17NO3/c1-14-10-5-3-4-8(11(10)15-2)9(13)6-7-12/h3-5,9,13H,6-7,12H2,1-2H3/t9-/m0/s1. The number of hydrogen-bond acceptors (Lipinski definition) is 4. The fourth-order valence-electron chi connectivity index (χ4n) is 1.49. The minimum Gasteiger partial charge on any atom is -0.493 e. The lowest BCUT2D eigenvalue weighted by atomic mass is 10.0. The Balaban J connectivity index is 3.05. The Labute approximate surface area is 89.6 Å². The van der Waals surface area contributed by atoms with E-state index in [1.165, 1.54) is 0 Å². The van der Waals surface area contributed by atoms with Gasteiger partial charge in [-0.1, -0.05) is 12.1 Å². The van der Waals surface area contributed by atoms with Gasteiger partial charge in [-0.15, -0.1) is 0 Å². The maximum absolute atomic E-state index is 9.84. The smallest absolute Gasteiger partial charge is 0.166 e. The predicted octanol–water partition coefficient (Wildman–Crippen LogP) is 1.09. The van der Waals surface area contributed by atoms with E-state index in [0.717, 1.165) is 0 Å². The van der Waals surface area contributed by atoms with Crippen molar-refractivity contribution < 1.29 is 14.6 Å². The first-order valence-corrected chi connectivity index (χ1v) is 4.83. The van der Waals surface area contributed by atoms with Crippen molar-refractivity contribution in [2.45, 2.75) is 12.5 Å². The average Bonchev–Trinajstić information content (AvgIpc) is 2.28. The largest absolute Gasteiger partial charge is 0.493 e. The number of aliphatic hydroxyl groups excluding tert-OH is 1. The molecule has 0 saturated heterocycles. The summed E-state index contributed by atoms with van der Waals surface area (Å²) in [5.41, 5.74) is 6.11. The molecule has 0 saturated carbocycles. The van der Waals surface area contributed by atoms with Gasteiger partial charge in [0.05, 0.1) is 20.3 Å².